The molecule has 2 amide bonds. The molecule has 38 heavy (non-hydrogen) atoms. The van der Waals surface area contributed by atoms with E-state index in [1.54, 1.807) is 0 Å². The molecule has 0 rings (SSSR count). The van der Waals surface area contributed by atoms with Crippen LogP contribution in [0.3, 0.4) is 0 Å². The van der Waals surface area contributed by atoms with Gasteiger partial charge >= 0.3 is 11.9 Å². The summed E-state index contributed by atoms with van der Waals surface area (Å²) in [4.78, 5) is 57.3. The fourth-order valence-corrected chi connectivity index (χ4v) is 3.58. The summed E-state index contributed by atoms with van der Waals surface area (Å²) in [6.45, 7) is 0.729. The molecule has 0 saturated heterocycles. The van der Waals surface area contributed by atoms with Crippen LogP contribution in [0.2, 0.25) is 0 Å². The molecular weight excluding hydrogens is 500 g/mol. The fraction of sp³-hybridized carbons (Fsp3) is 0.808. The monoisotopic (exact) mass is 546 g/mol. The lowest BCUT2D eigenvalue weighted by atomic mass is 10.0. The van der Waals surface area contributed by atoms with Gasteiger partial charge in [-0.15, -0.1) is 0 Å². The van der Waals surface area contributed by atoms with Gasteiger partial charge in [-0.05, 0) is 25.7 Å². The second-order valence-corrected chi connectivity index (χ2v) is 9.10. The van der Waals surface area contributed by atoms with E-state index >= 15 is 0 Å². The Morgan fingerprint density at radius 3 is 1.87 bits per heavy atom. The van der Waals surface area contributed by atoms with Crippen LogP contribution in [0.5, 0.6) is 0 Å². The molecule has 12 nitrogen and oxygen atoms in total. The first kappa shape index (κ1) is 35.4. The number of aliphatic hydroxyl groups excluding tert-OH is 1. The van der Waals surface area contributed by atoms with Crippen LogP contribution >= 0.6 is 0 Å². The van der Waals surface area contributed by atoms with Crippen LogP contribution in [0.4, 0.5) is 0 Å². The van der Waals surface area contributed by atoms with Gasteiger partial charge in [0.05, 0.1) is 19.8 Å². The van der Waals surface area contributed by atoms with E-state index in [9.17, 15) is 29.1 Å². The Kier molecular flexibility index (Phi) is 23.1. The summed E-state index contributed by atoms with van der Waals surface area (Å²) in [5, 5.41) is 31.5. The zero-order valence-electron chi connectivity index (χ0n) is 22.4. The van der Waals surface area contributed by atoms with E-state index < -0.39 is 18.0 Å². The van der Waals surface area contributed by atoms with Gasteiger partial charge in [0.25, 0.3) is 0 Å². The zero-order chi connectivity index (χ0) is 28.4. The van der Waals surface area contributed by atoms with Gasteiger partial charge in [0.1, 0.15) is 18.4 Å². The van der Waals surface area contributed by atoms with E-state index in [0.717, 1.165) is 38.5 Å². The van der Waals surface area contributed by atoms with Crippen molar-refractivity contribution < 1.29 is 48.8 Å². The quantitative estimate of drug-likeness (QED) is 0.0950. The maximum absolute atomic E-state index is 12.1. The van der Waals surface area contributed by atoms with Crippen molar-refractivity contribution >= 4 is 29.5 Å². The molecule has 0 aromatic carbocycles. The number of nitrogens with one attached hydrogen (secondary N) is 2. The number of ketones is 1. The number of aliphatic carboxylic acids is 2. The Bertz CT molecular complexity index is 687. The number of ether oxygens (including phenoxy) is 2. The van der Waals surface area contributed by atoms with Crippen LogP contribution in [-0.2, 0) is 33.4 Å². The van der Waals surface area contributed by atoms with Crippen molar-refractivity contribution in [2.24, 2.45) is 0 Å². The summed E-state index contributed by atoms with van der Waals surface area (Å²) >= 11 is 0. The number of carbonyl (C=O) groups is 5. The first-order chi connectivity index (χ1) is 18.3. The largest absolute Gasteiger partial charge is 0.481 e. The van der Waals surface area contributed by atoms with E-state index in [0.29, 0.717) is 25.9 Å². The third-order valence-corrected chi connectivity index (χ3v) is 5.67. The lowest BCUT2D eigenvalue weighted by Gasteiger charge is -2.14. The third kappa shape index (κ3) is 23.8. The summed E-state index contributed by atoms with van der Waals surface area (Å²) in [5.41, 5.74) is 0. The predicted octanol–water partition coefficient (Wildman–Crippen LogP) is 1.81. The molecule has 0 aliphatic heterocycles. The van der Waals surface area contributed by atoms with E-state index in [2.05, 4.69) is 10.6 Å². The Morgan fingerprint density at radius 1 is 0.658 bits per heavy atom. The van der Waals surface area contributed by atoms with Gasteiger partial charge in [-0.2, -0.15) is 0 Å². The number of unbranched alkanes of at least 4 members (excludes halogenated alkanes) is 7. The first-order valence-electron chi connectivity index (χ1n) is 13.5. The number of carboxylic acid groups (broad SMARTS) is 2. The number of hydrogen-bond donors (Lipinski definition) is 5. The Morgan fingerprint density at radius 2 is 1.26 bits per heavy atom. The van der Waals surface area contributed by atoms with E-state index in [1.807, 2.05) is 0 Å². The van der Waals surface area contributed by atoms with Crippen LogP contribution < -0.4 is 10.6 Å². The highest BCUT2D eigenvalue weighted by molar-refractivity contribution is 5.84. The van der Waals surface area contributed by atoms with Gasteiger partial charge in [-0.3, -0.25) is 19.2 Å². The maximum Gasteiger partial charge on any atom is 0.326 e. The van der Waals surface area contributed by atoms with Crippen LogP contribution in [0.1, 0.15) is 89.9 Å². The maximum atomic E-state index is 12.1. The van der Waals surface area contributed by atoms with E-state index in [1.165, 1.54) is 0 Å². The molecule has 12 heteroatoms. The minimum Gasteiger partial charge on any atom is -0.481 e. The lowest BCUT2D eigenvalue weighted by molar-refractivity contribution is -0.142. The summed E-state index contributed by atoms with van der Waals surface area (Å²) in [7, 11) is 0. The summed E-state index contributed by atoms with van der Waals surface area (Å²) in [6, 6.07) is -1.10. The van der Waals surface area contributed by atoms with Crippen LogP contribution in [-0.4, -0.2) is 90.5 Å². The predicted molar refractivity (Wildman–Crippen MR) is 139 cm³/mol. The molecule has 1 atom stereocenters. The first-order valence-corrected chi connectivity index (χ1v) is 13.5. The normalized spacial score (nSPS) is 11.6. The minimum atomic E-state index is -1.16. The highest BCUT2D eigenvalue weighted by Gasteiger charge is 2.20. The lowest BCUT2D eigenvalue weighted by Crippen LogP contribution is -2.41. The minimum absolute atomic E-state index is 0.0365. The number of aliphatic hydroxyl groups is 1. The molecule has 220 valence electrons. The summed E-state index contributed by atoms with van der Waals surface area (Å²) < 4.78 is 10.4. The third-order valence-electron chi connectivity index (χ3n) is 5.67. The number of rotatable bonds is 27. The van der Waals surface area contributed by atoms with Crippen LogP contribution in [0.15, 0.2) is 0 Å². The van der Waals surface area contributed by atoms with Crippen LogP contribution in [0, 0.1) is 0 Å². The van der Waals surface area contributed by atoms with Gasteiger partial charge < -0.3 is 35.4 Å². The average molecular weight is 547 g/mol. The molecule has 5 N–H and O–H groups in total. The smallest absolute Gasteiger partial charge is 0.326 e. The molecular formula is C26H46N2O10. The highest BCUT2D eigenvalue weighted by Crippen LogP contribution is 2.11. The van der Waals surface area contributed by atoms with Crippen molar-refractivity contribution in [3.8, 4) is 0 Å². The van der Waals surface area contributed by atoms with E-state index in [4.69, 9.17) is 19.7 Å². The zero-order valence-corrected chi connectivity index (χ0v) is 22.4. The molecule has 0 aliphatic carbocycles. The highest BCUT2D eigenvalue weighted by atomic mass is 16.5. The standard InChI is InChI=1S/C26H46N2O10/c29-16-15-27-24(32)20-38-19-18-37-17-9-10-21(30)13-14-22(26(35)36)28-23(31)11-7-5-3-1-2-4-6-8-12-25(33)34/h22,29H,1-20H2,(H,27,32)(H,28,31)(H,33,34)(H,35,36)/t22-/m0/s1. The molecule has 0 bridgehead atoms. The molecule has 0 spiro atoms. The Labute approximate surface area is 224 Å². The molecule has 0 fully saturated rings. The van der Waals surface area contributed by atoms with Gasteiger partial charge in [-0.1, -0.05) is 38.5 Å². The second-order valence-electron chi connectivity index (χ2n) is 9.10. The van der Waals surface area contributed by atoms with Crippen molar-refractivity contribution in [3.05, 3.63) is 0 Å². The van der Waals surface area contributed by atoms with Gasteiger partial charge in [-0.25, -0.2) is 4.79 Å². The van der Waals surface area contributed by atoms with Crippen molar-refractivity contribution in [2.45, 2.75) is 95.9 Å². The SMILES string of the molecule is O=C(O)CCCCCCCCCCC(=O)N[C@@H](CCC(=O)CCCOCCOCC(=O)NCCO)C(=O)O. The van der Waals surface area contributed by atoms with Crippen molar-refractivity contribution in [2.75, 3.05) is 39.6 Å². The van der Waals surface area contributed by atoms with Gasteiger partial charge in [0, 0.05) is 38.8 Å². The Hall–Kier alpha value is -2.57. The van der Waals surface area contributed by atoms with Crippen LogP contribution in [0.25, 0.3) is 0 Å². The molecule has 0 aromatic rings. The molecule has 0 aromatic heterocycles. The van der Waals surface area contributed by atoms with Gasteiger partial charge in [0.15, 0.2) is 0 Å². The van der Waals surface area contributed by atoms with Crippen molar-refractivity contribution in [1.82, 2.24) is 10.6 Å². The summed E-state index contributed by atoms with van der Waals surface area (Å²) in [5.74, 6) is -2.69. The van der Waals surface area contributed by atoms with Crippen molar-refractivity contribution in [1.29, 1.82) is 0 Å². The molecule has 0 unspecified atom stereocenters. The fourth-order valence-electron chi connectivity index (χ4n) is 3.58. The molecule has 0 radical (unpaired) electrons. The number of carboxylic acids is 2. The average Bonchev–Trinajstić information content (AvgIpc) is 2.87. The summed E-state index contributed by atoms with van der Waals surface area (Å²) in [6.07, 6.45) is 8.44. The second kappa shape index (κ2) is 24.7. The number of hydrogen-bond acceptors (Lipinski definition) is 8. The topological polar surface area (TPSA) is 189 Å². The number of amides is 2. The Balaban J connectivity index is 3.78. The molecule has 0 heterocycles. The van der Waals surface area contributed by atoms with E-state index in [-0.39, 0.29) is 82.7 Å². The molecule has 0 saturated carbocycles. The van der Waals surface area contributed by atoms with Crippen molar-refractivity contribution in [3.63, 3.8) is 0 Å². The number of carbonyl (C=O) groups excluding carboxylic acids is 3. The number of Topliss-reactive ketones (excluding diaryl/α,β-unsaturated/α-hetero) is 1. The van der Waals surface area contributed by atoms with Gasteiger partial charge in [0.2, 0.25) is 11.8 Å². The molecule has 0 aliphatic rings.